The van der Waals surface area contributed by atoms with Gasteiger partial charge in [0.2, 0.25) is 0 Å². The molecule has 4 rings (SSSR count). The van der Waals surface area contributed by atoms with Crippen LogP contribution in [0.5, 0.6) is 5.75 Å². The van der Waals surface area contributed by atoms with E-state index in [1.165, 1.54) is 11.1 Å². The van der Waals surface area contributed by atoms with E-state index in [-0.39, 0.29) is 5.91 Å². The number of piperazine rings is 1. The summed E-state index contributed by atoms with van der Waals surface area (Å²) in [6.45, 7) is 7.21. The standard InChI is InChI=1S/C26H29N3O2/c1-19-7-6-10-24(20(19)2)27-25-9-5-4-8-23(25)26(30)29-17-15-28(16-18-29)21-11-13-22(31-3)14-12-21/h4-14,27H,15-18H2,1-3H3. The zero-order valence-electron chi connectivity index (χ0n) is 18.4. The number of anilines is 3. The molecule has 1 aliphatic rings. The van der Waals surface area contributed by atoms with Crippen molar-refractivity contribution in [2.24, 2.45) is 0 Å². The molecule has 3 aromatic carbocycles. The highest BCUT2D eigenvalue weighted by atomic mass is 16.5. The first kappa shape index (κ1) is 20.8. The number of aryl methyl sites for hydroxylation is 1. The summed E-state index contributed by atoms with van der Waals surface area (Å²) in [6.07, 6.45) is 0. The molecule has 1 N–H and O–H groups in total. The maximum absolute atomic E-state index is 13.3. The number of amides is 1. The van der Waals surface area contributed by atoms with E-state index in [9.17, 15) is 4.79 Å². The van der Waals surface area contributed by atoms with E-state index < -0.39 is 0 Å². The van der Waals surface area contributed by atoms with Crippen molar-refractivity contribution in [2.45, 2.75) is 13.8 Å². The fraction of sp³-hybridized carbons (Fsp3) is 0.269. The summed E-state index contributed by atoms with van der Waals surface area (Å²) in [5.41, 5.74) is 6.16. The first-order valence-electron chi connectivity index (χ1n) is 10.7. The van der Waals surface area contributed by atoms with Crippen molar-refractivity contribution < 1.29 is 9.53 Å². The summed E-state index contributed by atoms with van der Waals surface area (Å²) in [7, 11) is 1.67. The van der Waals surface area contributed by atoms with E-state index in [0.29, 0.717) is 18.7 Å². The van der Waals surface area contributed by atoms with Crippen molar-refractivity contribution in [3.8, 4) is 5.75 Å². The first-order chi connectivity index (χ1) is 15.1. The topological polar surface area (TPSA) is 44.8 Å². The maximum atomic E-state index is 13.3. The molecule has 5 nitrogen and oxygen atoms in total. The van der Waals surface area contributed by atoms with Gasteiger partial charge in [0.1, 0.15) is 5.75 Å². The Morgan fingerprint density at radius 2 is 1.52 bits per heavy atom. The molecule has 0 aliphatic carbocycles. The van der Waals surface area contributed by atoms with Gasteiger partial charge in [0, 0.05) is 37.6 Å². The third-order valence-electron chi connectivity index (χ3n) is 6.04. The van der Waals surface area contributed by atoms with E-state index in [1.54, 1.807) is 7.11 Å². The van der Waals surface area contributed by atoms with Gasteiger partial charge in [-0.05, 0) is 67.4 Å². The molecular formula is C26H29N3O2. The molecule has 1 fully saturated rings. The first-order valence-corrected chi connectivity index (χ1v) is 10.7. The molecule has 1 aliphatic heterocycles. The third kappa shape index (κ3) is 4.50. The van der Waals surface area contributed by atoms with Crippen LogP contribution in [0.3, 0.4) is 0 Å². The smallest absolute Gasteiger partial charge is 0.256 e. The van der Waals surface area contributed by atoms with Crippen LogP contribution in [0.2, 0.25) is 0 Å². The molecule has 5 heteroatoms. The predicted molar refractivity (Wildman–Crippen MR) is 127 cm³/mol. The van der Waals surface area contributed by atoms with Crippen LogP contribution in [0.1, 0.15) is 21.5 Å². The number of nitrogens with one attached hydrogen (secondary N) is 1. The van der Waals surface area contributed by atoms with Crippen molar-refractivity contribution in [1.29, 1.82) is 0 Å². The summed E-state index contributed by atoms with van der Waals surface area (Å²) in [6, 6.07) is 22.0. The Hall–Kier alpha value is -3.47. The van der Waals surface area contributed by atoms with Crippen molar-refractivity contribution >= 4 is 23.0 Å². The maximum Gasteiger partial charge on any atom is 0.256 e. The van der Waals surface area contributed by atoms with Crippen molar-refractivity contribution in [3.63, 3.8) is 0 Å². The van der Waals surface area contributed by atoms with Gasteiger partial charge in [-0.1, -0.05) is 24.3 Å². The zero-order chi connectivity index (χ0) is 21.8. The average molecular weight is 416 g/mol. The Morgan fingerprint density at radius 1 is 0.839 bits per heavy atom. The van der Waals surface area contributed by atoms with Crippen LogP contribution in [-0.2, 0) is 0 Å². The number of para-hydroxylation sites is 1. The van der Waals surface area contributed by atoms with E-state index >= 15 is 0 Å². The molecule has 160 valence electrons. The number of carbonyl (C=O) groups is 1. The molecule has 0 aromatic heterocycles. The number of hydrogen-bond donors (Lipinski definition) is 1. The average Bonchev–Trinajstić information content (AvgIpc) is 2.82. The Kier molecular flexibility index (Phi) is 6.12. The zero-order valence-corrected chi connectivity index (χ0v) is 18.4. The van der Waals surface area contributed by atoms with Crippen molar-refractivity contribution in [3.05, 3.63) is 83.4 Å². The van der Waals surface area contributed by atoms with Gasteiger partial charge in [-0.2, -0.15) is 0 Å². The van der Waals surface area contributed by atoms with Crippen LogP contribution in [0.25, 0.3) is 0 Å². The minimum atomic E-state index is 0.0720. The van der Waals surface area contributed by atoms with E-state index in [2.05, 4.69) is 48.3 Å². The molecule has 0 bridgehead atoms. The van der Waals surface area contributed by atoms with Gasteiger partial charge in [-0.25, -0.2) is 0 Å². The number of ether oxygens (including phenoxy) is 1. The normalized spacial score (nSPS) is 13.8. The minimum Gasteiger partial charge on any atom is -0.497 e. The highest BCUT2D eigenvalue weighted by Gasteiger charge is 2.24. The molecule has 0 unspecified atom stereocenters. The minimum absolute atomic E-state index is 0.0720. The number of rotatable bonds is 5. The van der Waals surface area contributed by atoms with Gasteiger partial charge in [0.15, 0.2) is 0 Å². The summed E-state index contributed by atoms with van der Waals surface area (Å²) in [5.74, 6) is 0.924. The van der Waals surface area contributed by atoms with Crippen LogP contribution in [0, 0.1) is 13.8 Å². The summed E-state index contributed by atoms with van der Waals surface area (Å²) in [5, 5.41) is 3.48. The number of benzene rings is 3. The fourth-order valence-corrected chi connectivity index (χ4v) is 3.94. The van der Waals surface area contributed by atoms with Crippen molar-refractivity contribution in [1.82, 2.24) is 4.90 Å². The molecule has 3 aromatic rings. The monoisotopic (exact) mass is 415 g/mol. The quantitative estimate of drug-likeness (QED) is 0.636. The second-order valence-corrected chi connectivity index (χ2v) is 7.90. The Balaban J connectivity index is 1.46. The van der Waals surface area contributed by atoms with Gasteiger partial charge < -0.3 is 19.9 Å². The fourth-order valence-electron chi connectivity index (χ4n) is 3.94. The van der Waals surface area contributed by atoms with Crippen LogP contribution in [-0.4, -0.2) is 44.1 Å². The lowest BCUT2D eigenvalue weighted by atomic mass is 10.1. The Labute approximate surface area is 184 Å². The van der Waals surface area contributed by atoms with E-state index in [1.807, 2.05) is 47.4 Å². The van der Waals surface area contributed by atoms with Gasteiger partial charge in [-0.15, -0.1) is 0 Å². The molecule has 1 saturated heterocycles. The molecule has 0 atom stereocenters. The number of methoxy groups -OCH3 is 1. The second-order valence-electron chi connectivity index (χ2n) is 7.90. The molecular weight excluding hydrogens is 386 g/mol. The van der Waals surface area contributed by atoms with Gasteiger partial charge in [-0.3, -0.25) is 4.79 Å². The molecule has 1 amide bonds. The van der Waals surface area contributed by atoms with Crippen LogP contribution < -0.4 is 15.0 Å². The lowest BCUT2D eigenvalue weighted by molar-refractivity contribution is 0.0748. The van der Waals surface area contributed by atoms with Crippen LogP contribution in [0.15, 0.2) is 66.7 Å². The van der Waals surface area contributed by atoms with Gasteiger partial charge >= 0.3 is 0 Å². The number of nitrogens with zero attached hydrogens (tertiary/aromatic N) is 2. The lowest BCUT2D eigenvalue weighted by Gasteiger charge is -2.36. The third-order valence-corrected chi connectivity index (χ3v) is 6.04. The Morgan fingerprint density at radius 3 is 2.23 bits per heavy atom. The highest BCUT2D eigenvalue weighted by Crippen LogP contribution is 2.27. The van der Waals surface area contributed by atoms with E-state index in [0.717, 1.165) is 35.9 Å². The lowest BCUT2D eigenvalue weighted by Crippen LogP contribution is -2.48. The summed E-state index contributed by atoms with van der Waals surface area (Å²) >= 11 is 0. The van der Waals surface area contributed by atoms with Crippen LogP contribution in [0.4, 0.5) is 17.1 Å². The van der Waals surface area contributed by atoms with Crippen LogP contribution >= 0.6 is 0 Å². The summed E-state index contributed by atoms with van der Waals surface area (Å²) in [4.78, 5) is 17.6. The highest BCUT2D eigenvalue weighted by molar-refractivity contribution is 6.00. The summed E-state index contributed by atoms with van der Waals surface area (Å²) < 4.78 is 5.24. The van der Waals surface area contributed by atoms with Crippen molar-refractivity contribution in [2.75, 3.05) is 43.5 Å². The largest absolute Gasteiger partial charge is 0.497 e. The molecule has 0 saturated carbocycles. The molecule has 1 heterocycles. The number of hydrogen-bond acceptors (Lipinski definition) is 4. The number of carbonyl (C=O) groups excluding carboxylic acids is 1. The molecule has 0 spiro atoms. The second kappa shape index (κ2) is 9.13. The Bertz CT molecular complexity index is 1050. The van der Waals surface area contributed by atoms with E-state index in [4.69, 9.17) is 4.74 Å². The van der Waals surface area contributed by atoms with Gasteiger partial charge in [0.25, 0.3) is 5.91 Å². The predicted octanol–water partition coefficient (Wildman–Crippen LogP) is 5.02. The SMILES string of the molecule is COc1ccc(N2CCN(C(=O)c3ccccc3Nc3cccc(C)c3C)CC2)cc1. The molecule has 0 radical (unpaired) electrons. The molecule has 31 heavy (non-hydrogen) atoms. The van der Waals surface area contributed by atoms with Gasteiger partial charge in [0.05, 0.1) is 18.4 Å².